The lowest BCUT2D eigenvalue weighted by atomic mass is 9.82. The van der Waals surface area contributed by atoms with Crippen molar-refractivity contribution in [2.75, 3.05) is 19.8 Å². The number of amides is 1. The Morgan fingerprint density at radius 2 is 2.16 bits per heavy atom. The molecule has 3 heterocycles. The van der Waals surface area contributed by atoms with E-state index in [1.807, 2.05) is 0 Å². The molecule has 0 unspecified atom stereocenters. The van der Waals surface area contributed by atoms with Crippen molar-refractivity contribution in [3.63, 3.8) is 0 Å². The first kappa shape index (κ1) is 12.5. The minimum atomic E-state index is -4.54. The van der Waals surface area contributed by atoms with E-state index in [-0.39, 0.29) is 11.2 Å². The Labute approximate surface area is 106 Å². The van der Waals surface area contributed by atoms with Crippen molar-refractivity contribution in [2.45, 2.75) is 18.1 Å². The van der Waals surface area contributed by atoms with E-state index in [1.165, 1.54) is 7.05 Å². The summed E-state index contributed by atoms with van der Waals surface area (Å²) in [7, 11) is 1.34. The second-order valence-electron chi connectivity index (χ2n) is 4.96. The Morgan fingerprint density at radius 1 is 1.47 bits per heavy atom. The van der Waals surface area contributed by atoms with Crippen LogP contribution in [0.4, 0.5) is 13.2 Å². The standard InChI is InChI=1S/C11H12F3N3O2/c1-16-7(4-8(15-16)11(12,13)14)9(18)17-3-2-10(17)5-19-6-10/h4H,2-3,5-6H2,1H3. The van der Waals surface area contributed by atoms with Crippen LogP contribution in [0.1, 0.15) is 22.6 Å². The molecule has 1 amide bonds. The van der Waals surface area contributed by atoms with Gasteiger partial charge in [-0.05, 0) is 6.42 Å². The van der Waals surface area contributed by atoms with Gasteiger partial charge in [0.2, 0.25) is 0 Å². The molecule has 2 saturated heterocycles. The van der Waals surface area contributed by atoms with Gasteiger partial charge in [0.1, 0.15) is 5.69 Å². The van der Waals surface area contributed by atoms with Crippen LogP contribution in [0.3, 0.4) is 0 Å². The molecule has 0 aromatic carbocycles. The highest BCUT2D eigenvalue weighted by molar-refractivity contribution is 5.94. The summed E-state index contributed by atoms with van der Waals surface area (Å²) >= 11 is 0. The molecule has 0 N–H and O–H groups in total. The van der Waals surface area contributed by atoms with Gasteiger partial charge in [-0.1, -0.05) is 0 Å². The molecule has 2 fully saturated rings. The summed E-state index contributed by atoms with van der Waals surface area (Å²) in [5.74, 6) is -0.417. The number of nitrogens with zero attached hydrogens (tertiary/aromatic N) is 3. The van der Waals surface area contributed by atoms with E-state index in [2.05, 4.69) is 5.10 Å². The van der Waals surface area contributed by atoms with Crippen molar-refractivity contribution in [3.8, 4) is 0 Å². The van der Waals surface area contributed by atoms with Gasteiger partial charge in [-0.2, -0.15) is 18.3 Å². The zero-order valence-electron chi connectivity index (χ0n) is 10.2. The number of ether oxygens (including phenoxy) is 1. The number of aromatic nitrogens is 2. The smallest absolute Gasteiger partial charge is 0.376 e. The summed E-state index contributed by atoms with van der Waals surface area (Å²) in [4.78, 5) is 13.8. The first-order chi connectivity index (χ1) is 8.83. The highest BCUT2D eigenvalue weighted by Gasteiger charge is 2.53. The van der Waals surface area contributed by atoms with Crippen molar-refractivity contribution in [3.05, 3.63) is 17.5 Å². The number of carbonyl (C=O) groups excluding carboxylic acids is 1. The van der Waals surface area contributed by atoms with Gasteiger partial charge < -0.3 is 9.64 Å². The van der Waals surface area contributed by atoms with Crippen LogP contribution in [0.25, 0.3) is 0 Å². The molecular weight excluding hydrogens is 263 g/mol. The summed E-state index contributed by atoms with van der Waals surface area (Å²) in [6.07, 6.45) is -3.70. The van der Waals surface area contributed by atoms with Crippen molar-refractivity contribution in [1.29, 1.82) is 0 Å². The van der Waals surface area contributed by atoms with Crippen LogP contribution in [-0.2, 0) is 18.0 Å². The van der Waals surface area contributed by atoms with Gasteiger partial charge in [0.05, 0.1) is 18.8 Å². The second kappa shape index (κ2) is 3.72. The summed E-state index contributed by atoms with van der Waals surface area (Å²) in [5.41, 5.74) is -1.38. The van der Waals surface area contributed by atoms with Crippen LogP contribution in [0.15, 0.2) is 6.07 Å². The van der Waals surface area contributed by atoms with Gasteiger partial charge in [-0.25, -0.2) is 0 Å². The van der Waals surface area contributed by atoms with Crippen molar-refractivity contribution < 1.29 is 22.7 Å². The van der Waals surface area contributed by atoms with E-state index in [4.69, 9.17) is 4.74 Å². The van der Waals surface area contributed by atoms with Crippen molar-refractivity contribution >= 4 is 5.91 Å². The molecule has 0 radical (unpaired) electrons. The van der Waals surface area contributed by atoms with Gasteiger partial charge >= 0.3 is 6.18 Å². The predicted molar refractivity (Wildman–Crippen MR) is 57.4 cm³/mol. The molecule has 2 aliphatic rings. The third-order valence-electron chi connectivity index (χ3n) is 3.75. The van der Waals surface area contributed by atoms with Crippen LogP contribution < -0.4 is 0 Å². The number of carbonyl (C=O) groups is 1. The molecule has 0 bridgehead atoms. The molecule has 5 nitrogen and oxygen atoms in total. The molecule has 8 heteroatoms. The van der Waals surface area contributed by atoms with Crippen LogP contribution in [0.2, 0.25) is 0 Å². The zero-order chi connectivity index (χ0) is 13.8. The van der Waals surface area contributed by atoms with Crippen LogP contribution >= 0.6 is 0 Å². The average molecular weight is 275 g/mol. The number of hydrogen-bond acceptors (Lipinski definition) is 3. The number of halogens is 3. The number of alkyl halides is 3. The lowest BCUT2D eigenvalue weighted by molar-refractivity contribution is -0.172. The van der Waals surface area contributed by atoms with Crippen molar-refractivity contribution in [2.24, 2.45) is 7.05 Å². The Kier molecular flexibility index (Phi) is 2.44. The van der Waals surface area contributed by atoms with Crippen LogP contribution in [-0.4, -0.2) is 45.9 Å². The highest BCUT2D eigenvalue weighted by Crippen LogP contribution is 2.38. The van der Waals surface area contributed by atoms with Gasteiger partial charge in [-0.15, -0.1) is 0 Å². The van der Waals surface area contributed by atoms with E-state index >= 15 is 0 Å². The molecule has 1 spiro atoms. The summed E-state index contributed by atoms with van der Waals surface area (Å²) < 4.78 is 43.7. The van der Waals surface area contributed by atoms with E-state index < -0.39 is 17.8 Å². The first-order valence-corrected chi connectivity index (χ1v) is 5.84. The first-order valence-electron chi connectivity index (χ1n) is 5.84. The van der Waals surface area contributed by atoms with Gasteiger partial charge in [0.15, 0.2) is 5.69 Å². The fourth-order valence-electron chi connectivity index (χ4n) is 2.44. The molecule has 1 aromatic rings. The lowest BCUT2D eigenvalue weighted by Crippen LogP contribution is -2.72. The molecule has 2 aliphatic heterocycles. The number of hydrogen-bond donors (Lipinski definition) is 0. The SMILES string of the molecule is Cn1nc(C(F)(F)F)cc1C(=O)N1CCC12COC2. The number of likely N-dealkylation sites (tertiary alicyclic amines) is 1. The maximum absolute atomic E-state index is 12.6. The maximum Gasteiger partial charge on any atom is 0.435 e. The number of aryl methyl sites for hydroxylation is 1. The highest BCUT2D eigenvalue weighted by atomic mass is 19.4. The molecule has 104 valence electrons. The third-order valence-corrected chi connectivity index (χ3v) is 3.75. The topological polar surface area (TPSA) is 47.4 Å². The maximum atomic E-state index is 12.6. The van der Waals surface area contributed by atoms with Gasteiger partial charge in [-0.3, -0.25) is 9.48 Å². The number of rotatable bonds is 1. The molecule has 3 rings (SSSR count). The average Bonchev–Trinajstić information content (AvgIpc) is 2.55. The molecule has 0 aliphatic carbocycles. The van der Waals surface area contributed by atoms with Crippen molar-refractivity contribution in [1.82, 2.24) is 14.7 Å². The Balaban J connectivity index is 1.86. The largest absolute Gasteiger partial charge is 0.435 e. The molecule has 0 saturated carbocycles. The van der Waals surface area contributed by atoms with E-state index in [0.29, 0.717) is 19.8 Å². The molecule has 0 atom stereocenters. The van der Waals surface area contributed by atoms with Crippen LogP contribution in [0.5, 0.6) is 0 Å². The normalized spacial score (nSPS) is 21.2. The lowest BCUT2D eigenvalue weighted by Gasteiger charge is -2.57. The minimum Gasteiger partial charge on any atom is -0.376 e. The van der Waals surface area contributed by atoms with E-state index in [9.17, 15) is 18.0 Å². The Hall–Kier alpha value is -1.57. The molecule has 1 aromatic heterocycles. The summed E-state index contributed by atoms with van der Waals surface area (Å²) in [6.45, 7) is 1.47. The van der Waals surface area contributed by atoms with Gasteiger partial charge in [0.25, 0.3) is 5.91 Å². The van der Waals surface area contributed by atoms with E-state index in [0.717, 1.165) is 17.2 Å². The third kappa shape index (κ3) is 1.73. The zero-order valence-corrected chi connectivity index (χ0v) is 10.2. The molecular formula is C11H12F3N3O2. The quantitative estimate of drug-likeness (QED) is 0.769. The Morgan fingerprint density at radius 3 is 2.53 bits per heavy atom. The fraction of sp³-hybridized carbons (Fsp3) is 0.636. The Bertz CT molecular complexity index is 528. The van der Waals surface area contributed by atoms with Crippen LogP contribution in [0, 0.1) is 0 Å². The molecule has 19 heavy (non-hydrogen) atoms. The second-order valence-corrected chi connectivity index (χ2v) is 4.96. The summed E-state index contributed by atoms with van der Waals surface area (Å²) in [5, 5.41) is 3.35. The monoisotopic (exact) mass is 275 g/mol. The predicted octanol–water partition coefficient (Wildman–Crippen LogP) is 1.05. The fourth-order valence-corrected chi connectivity index (χ4v) is 2.44. The summed E-state index contributed by atoms with van der Waals surface area (Å²) in [6, 6.07) is 0.799. The minimum absolute atomic E-state index is 0.0432. The van der Waals surface area contributed by atoms with E-state index in [1.54, 1.807) is 4.90 Å². The van der Waals surface area contributed by atoms with Gasteiger partial charge in [0, 0.05) is 19.7 Å².